The van der Waals surface area contributed by atoms with Gasteiger partial charge < -0.3 is 9.84 Å². The molecule has 0 saturated carbocycles. The van der Waals surface area contributed by atoms with E-state index in [-0.39, 0.29) is 6.61 Å². The molecule has 25 heavy (non-hydrogen) atoms. The second-order valence-corrected chi connectivity index (χ2v) is 7.24. The molecular weight excluding hydrogens is 332 g/mol. The Balaban J connectivity index is 1.51. The van der Waals surface area contributed by atoms with Gasteiger partial charge in [0.05, 0.1) is 24.9 Å². The van der Waals surface area contributed by atoms with E-state index < -0.39 is 6.10 Å². The van der Waals surface area contributed by atoms with E-state index in [0.717, 1.165) is 35.5 Å². The van der Waals surface area contributed by atoms with E-state index in [4.69, 9.17) is 4.74 Å². The van der Waals surface area contributed by atoms with Crippen molar-refractivity contribution in [2.45, 2.75) is 43.4 Å². The van der Waals surface area contributed by atoms with Gasteiger partial charge >= 0.3 is 0 Å². The molecule has 0 aliphatic heterocycles. The summed E-state index contributed by atoms with van der Waals surface area (Å²) in [7, 11) is 0. The highest BCUT2D eigenvalue weighted by Crippen LogP contribution is 2.27. The van der Waals surface area contributed by atoms with E-state index in [2.05, 4.69) is 11.1 Å². The van der Waals surface area contributed by atoms with Crippen LogP contribution in [0.2, 0.25) is 0 Å². The van der Waals surface area contributed by atoms with Crippen molar-refractivity contribution in [1.29, 1.82) is 5.26 Å². The average Bonchev–Trinajstić information content (AvgIpc) is 2.66. The molecule has 0 fully saturated rings. The molecule has 2 aromatic rings. The maximum atomic E-state index is 10.1. The van der Waals surface area contributed by atoms with Gasteiger partial charge in [0.25, 0.3) is 0 Å². The summed E-state index contributed by atoms with van der Waals surface area (Å²) in [5, 5.41) is 20.2. The van der Waals surface area contributed by atoms with Crippen LogP contribution in [0.25, 0.3) is 0 Å². The highest BCUT2D eigenvalue weighted by Gasteiger charge is 2.16. The Bertz CT molecular complexity index is 743. The van der Waals surface area contributed by atoms with Gasteiger partial charge in [-0.15, -0.1) is 11.8 Å². The van der Waals surface area contributed by atoms with Gasteiger partial charge in [0.2, 0.25) is 0 Å². The van der Waals surface area contributed by atoms with Gasteiger partial charge in [0, 0.05) is 11.4 Å². The Kier molecular flexibility index (Phi) is 6.46. The molecular formula is C20H22N2O2S. The number of ether oxygens (including phenoxy) is 1. The predicted octanol–water partition coefficient (Wildman–Crippen LogP) is 3.50. The topological polar surface area (TPSA) is 66.1 Å². The standard InChI is InChI=1S/C20H22N2O2S/c21-11-17-10-16-8-4-5-9-19(16)22-20(17)25-14-18(23)13-24-12-15-6-2-1-3-7-15/h1-3,6-7,10,18,23H,4-5,8-9,12-14H2/t18-/m1/s1. The third-order valence-electron chi connectivity index (χ3n) is 4.22. The van der Waals surface area contributed by atoms with E-state index in [1.807, 2.05) is 36.4 Å². The predicted molar refractivity (Wildman–Crippen MR) is 98.4 cm³/mol. The number of benzene rings is 1. The zero-order valence-corrected chi connectivity index (χ0v) is 15.0. The molecule has 0 radical (unpaired) electrons. The fraction of sp³-hybridized carbons (Fsp3) is 0.400. The van der Waals surface area contributed by atoms with Crippen molar-refractivity contribution in [1.82, 2.24) is 4.98 Å². The molecule has 1 N–H and O–H groups in total. The summed E-state index contributed by atoms with van der Waals surface area (Å²) in [6.45, 7) is 0.762. The van der Waals surface area contributed by atoms with Crippen molar-refractivity contribution < 1.29 is 9.84 Å². The number of aliphatic hydroxyl groups is 1. The zero-order valence-electron chi connectivity index (χ0n) is 14.1. The molecule has 1 heterocycles. The van der Waals surface area contributed by atoms with E-state index >= 15 is 0 Å². The molecule has 5 heteroatoms. The van der Waals surface area contributed by atoms with Crippen LogP contribution in [-0.2, 0) is 24.2 Å². The fourth-order valence-corrected chi connectivity index (χ4v) is 3.80. The maximum Gasteiger partial charge on any atom is 0.114 e. The van der Waals surface area contributed by atoms with Crippen LogP contribution < -0.4 is 0 Å². The lowest BCUT2D eigenvalue weighted by molar-refractivity contribution is 0.0398. The van der Waals surface area contributed by atoms with Crippen molar-refractivity contribution >= 4 is 11.8 Å². The van der Waals surface area contributed by atoms with Crippen molar-refractivity contribution in [3.05, 3.63) is 58.8 Å². The minimum atomic E-state index is -0.585. The van der Waals surface area contributed by atoms with E-state index in [9.17, 15) is 10.4 Å². The van der Waals surface area contributed by atoms with Gasteiger partial charge in [-0.25, -0.2) is 4.98 Å². The first-order valence-corrected chi connectivity index (χ1v) is 9.60. The van der Waals surface area contributed by atoms with Crippen LogP contribution in [0, 0.1) is 11.3 Å². The molecule has 0 spiro atoms. The number of aliphatic hydroxyl groups excluding tert-OH is 1. The summed E-state index contributed by atoms with van der Waals surface area (Å²) < 4.78 is 5.57. The lowest BCUT2D eigenvalue weighted by atomic mass is 9.95. The average molecular weight is 354 g/mol. The van der Waals surface area contributed by atoms with Crippen LogP contribution >= 0.6 is 11.8 Å². The summed E-state index contributed by atoms with van der Waals surface area (Å²) in [6, 6.07) is 14.1. The first-order valence-electron chi connectivity index (χ1n) is 8.61. The molecule has 1 aliphatic rings. The molecule has 1 aromatic carbocycles. The number of hydrogen-bond donors (Lipinski definition) is 1. The highest BCUT2D eigenvalue weighted by atomic mass is 32.2. The molecule has 3 rings (SSSR count). The van der Waals surface area contributed by atoms with Gasteiger partial charge in [-0.1, -0.05) is 30.3 Å². The van der Waals surface area contributed by atoms with Gasteiger partial charge in [0.1, 0.15) is 11.1 Å². The summed E-state index contributed by atoms with van der Waals surface area (Å²) in [4.78, 5) is 4.67. The number of pyridine rings is 1. The second kappa shape index (κ2) is 9.00. The first-order chi connectivity index (χ1) is 12.3. The van der Waals surface area contributed by atoms with E-state index in [1.54, 1.807) is 0 Å². The number of fused-ring (bicyclic) bond motifs is 1. The molecule has 1 aromatic heterocycles. The van der Waals surface area contributed by atoms with Crippen molar-refractivity contribution in [2.75, 3.05) is 12.4 Å². The quantitative estimate of drug-likeness (QED) is 0.771. The Labute approximate surface area is 152 Å². The summed E-state index contributed by atoms with van der Waals surface area (Å²) >= 11 is 1.44. The van der Waals surface area contributed by atoms with Gasteiger partial charge in [0.15, 0.2) is 0 Å². The monoisotopic (exact) mass is 354 g/mol. The highest BCUT2D eigenvalue weighted by molar-refractivity contribution is 7.99. The third-order valence-corrected chi connectivity index (χ3v) is 5.36. The van der Waals surface area contributed by atoms with Gasteiger partial charge in [-0.2, -0.15) is 5.26 Å². The number of aryl methyl sites for hydroxylation is 2. The summed E-state index contributed by atoms with van der Waals surface area (Å²) in [5.74, 6) is 0.468. The molecule has 130 valence electrons. The van der Waals surface area contributed by atoms with Crippen molar-refractivity contribution in [3.63, 3.8) is 0 Å². The van der Waals surface area contributed by atoms with Gasteiger partial charge in [-0.05, 0) is 42.9 Å². The Hall–Kier alpha value is -1.87. The maximum absolute atomic E-state index is 10.1. The summed E-state index contributed by atoms with van der Waals surface area (Å²) in [5.41, 5.74) is 4.02. The number of aromatic nitrogens is 1. The number of nitriles is 1. The lowest BCUT2D eigenvalue weighted by Gasteiger charge is -2.17. The Morgan fingerprint density at radius 1 is 1.24 bits per heavy atom. The summed E-state index contributed by atoms with van der Waals surface area (Å²) in [6.07, 6.45) is 3.74. The smallest absolute Gasteiger partial charge is 0.114 e. The Morgan fingerprint density at radius 3 is 2.84 bits per heavy atom. The zero-order chi connectivity index (χ0) is 17.5. The van der Waals surface area contributed by atoms with Crippen LogP contribution in [-0.4, -0.2) is 28.6 Å². The number of rotatable bonds is 7. The van der Waals surface area contributed by atoms with Crippen LogP contribution in [0.1, 0.15) is 35.2 Å². The minimum absolute atomic E-state index is 0.273. The SMILES string of the molecule is N#Cc1cc2c(nc1SC[C@H](O)COCc1ccccc1)CCCC2. The van der Waals surface area contributed by atoms with Gasteiger partial charge in [-0.3, -0.25) is 0 Å². The van der Waals surface area contributed by atoms with Crippen LogP contribution in [0.3, 0.4) is 0 Å². The first kappa shape index (κ1) is 17.9. The van der Waals surface area contributed by atoms with E-state index in [1.165, 1.54) is 23.7 Å². The number of thioether (sulfide) groups is 1. The number of nitrogens with zero attached hydrogens (tertiary/aromatic N) is 2. The van der Waals surface area contributed by atoms with Crippen LogP contribution in [0.15, 0.2) is 41.4 Å². The molecule has 0 saturated heterocycles. The lowest BCUT2D eigenvalue weighted by Crippen LogP contribution is -2.18. The molecule has 4 nitrogen and oxygen atoms in total. The van der Waals surface area contributed by atoms with Crippen LogP contribution in [0.4, 0.5) is 0 Å². The second-order valence-electron chi connectivity index (χ2n) is 6.23. The molecule has 1 aliphatic carbocycles. The number of hydrogen-bond acceptors (Lipinski definition) is 5. The Morgan fingerprint density at radius 2 is 2.04 bits per heavy atom. The fourth-order valence-electron chi connectivity index (χ4n) is 2.92. The molecule has 0 bridgehead atoms. The normalized spacial score (nSPS) is 14.6. The third kappa shape index (κ3) is 5.05. The molecule has 0 unspecified atom stereocenters. The van der Waals surface area contributed by atoms with Crippen LogP contribution in [0.5, 0.6) is 0 Å². The minimum Gasteiger partial charge on any atom is -0.390 e. The molecule has 0 amide bonds. The molecule has 1 atom stereocenters. The van der Waals surface area contributed by atoms with Crippen molar-refractivity contribution in [2.24, 2.45) is 0 Å². The van der Waals surface area contributed by atoms with Crippen molar-refractivity contribution in [3.8, 4) is 6.07 Å². The largest absolute Gasteiger partial charge is 0.390 e. The van der Waals surface area contributed by atoms with E-state index in [0.29, 0.717) is 17.9 Å².